The van der Waals surface area contributed by atoms with Crippen LogP contribution in [0.15, 0.2) is 6.20 Å². The van der Waals surface area contributed by atoms with Gasteiger partial charge in [0.15, 0.2) is 0 Å². The fourth-order valence-electron chi connectivity index (χ4n) is 3.21. The van der Waals surface area contributed by atoms with E-state index in [1.165, 1.54) is 11.3 Å². The third-order valence-corrected chi connectivity index (χ3v) is 4.04. The van der Waals surface area contributed by atoms with Gasteiger partial charge in [-0.3, -0.25) is 4.68 Å². The van der Waals surface area contributed by atoms with E-state index < -0.39 is 0 Å². The molecule has 0 aliphatic carbocycles. The van der Waals surface area contributed by atoms with Gasteiger partial charge in [0, 0.05) is 0 Å². The van der Waals surface area contributed by atoms with Crippen molar-refractivity contribution in [1.29, 1.82) is 0 Å². The molecular weight excluding hydrogens is 212 g/mol. The van der Waals surface area contributed by atoms with Gasteiger partial charge in [0.05, 0.1) is 24.5 Å². The van der Waals surface area contributed by atoms with Crippen LogP contribution in [0.25, 0.3) is 0 Å². The number of hydrogen-bond acceptors (Lipinski definition) is 2. The van der Waals surface area contributed by atoms with Crippen molar-refractivity contribution in [1.82, 2.24) is 9.78 Å². The van der Waals surface area contributed by atoms with Gasteiger partial charge in [-0.15, -0.1) is 0 Å². The van der Waals surface area contributed by atoms with E-state index in [0.717, 1.165) is 6.61 Å². The first kappa shape index (κ1) is 12.6. The van der Waals surface area contributed by atoms with Crippen LogP contribution in [0.2, 0.25) is 0 Å². The highest BCUT2D eigenvalue weighted by Gasteiger charge is 2.47. The number of fused-ring (bicyclic) bond motifs is 1. The maximum Gasteiger partial charge on any atom is 0.115 e. The zero-order chi connectivity index (χ0) is 12.8. The predicted molar refractivity (Wildman–Crippen MR) is 69.0 cm³/mol. The monoisotopic (exact) mass is 236 g/mol. The fraction of sp³-hybridized carbons (Fsp3) is 0.786. The molecule has 0 bridgehead atoms. The second-order valence-electron chi connectivity index (χ2n) is 5.88. The molecule has 0 saturated carbocycles. The van der Waals surface area contributed by atoms with Crippen LogP contribution < -0.4 is 0 Å². The molecule has 0 radical (unpaired) electrons. The maximum absolute atomic E-state index is 6.31. The highest BCUT2D eigenvalue weighted by molar-refractivity contribution is 5.26. The zero-order valence-electron chi connectivity index (χ0n) is 11.8. The van der Waals surface area contributed by atoms with E-state index in [4.69, 9.17) is 4.74 Å². The molecule has 2 heterocycles. The Morgan fingerprint density at radius 2 is 1.94 bits per heavy atom. The minimum Gasteiger partial charge on any atom is -0.366 e. The quantitative estimate of drug-likeness (QED) is 0.788. The van der Waals surface area contributed by atoms with Gasteiger partial charge in [-0.2, -0.15) is 5.10 Å². The molecule has 0 fully saturated rings. The highest BCUT2D eigenvalue weighted by atomic mass is 16.5. The Kier molecular flexibility index (Phi) is 3.06. The normalized spacial score (nSPS) is 23.2. The third kappa shape index (κ3) is 1.63. The number of aryl methyl sites for hydroxylation is 1. The number of hydrogen-bond donors (Lipinski definition) is 0. The first-order valence-electron chi connectivity index (χ1n) is 6.59. The molecular formula is C14H24N2O. The van der Waals surface area contributed by atoms with Gasteiger partial charge < -0.3 is 4.74 Å². The van der Waals surface area contributed by atoms with Crippen LogP contribution in [0.5, 0.6) is 0 Å². The molecule has 96 valence electrons. The lowest BCUT2D eigenvalue weighted by Crippen LogP contribution is -2.48. The maximum atomic E-state index is 6.31. The summed E-state index contributed by atoms with van der Waals surface area (Å²) in [6, 6.07) is 0.337. The van der Waals surface area contributed by atoms with Crippen LogP contribution in [-0.2, 0) is 10.3 Å². The predicted octanol–water partition coefficient (Wildman–Crippen LogP) is 3.29. The summed E-state index contributed by atoms with van der Waals surface area (Å²) in [5, 5.41) is 4.53. The van der Waals surface area contributed by atoms with Gasteiger partial charge in [-0.25, -0.2) is 0 Å². The zero-order valence-corrected chi connectivity index (χ0v) is 11.8. The molecule has 1 aromatic rings. The van der Waals surface area contributed by atoms with Gasteiger partial charge >= 0.3 is 0 Å². The summed E-state index contributed by atoms with van der Waals surface area (Å²) in [7, 11) is 0. The van der Waals surface area contributed by atoms with Crippen molar-refractivity contribution in [2.75, 3.05) is 6.61 Å². The van der Waals surface area contributed by atoms with Crippen molar-refractivity contribution < 1.29 is 4.74 Å². The van der Waals surface area contributed by atoms with Gasteiger partial charge in [-0.1, -0.05) is 27.7 Å². The van der Waals surface area contributed by atoms with E-state index in [-0.39, 0.29) is 5.60 Å². The average Bonchev–Trinajstić information content (AvgIpc) is 2.62. The third-order valence-electron chi connectivity index (χ3n) is 4.04. The number of nitrogens with zero attached hydrogens (tertiary/aromatic N) is 2. The van der Waals surface area contributed by atoms with E-state index in [9.17, 15) is 0 Å². The smallest absolute Gasteiger partial charge is 0.115 e. The first-order valence-corrected chi connectivity index (χ1v) is 6.59. The van der Waals surface area contributed by atoms with Crippen molar-refractivity contribution in [2.24, 2.45) is 11.8 Å². The Morgan fingerprint density at radius 3 is 2.47 bits per heavy atom. The molecule has 0 spiro atoms. The molecule has 3 heteroatoms. The molecule has 0 N–H and O–H groups in total. The minimum atomic E-state index is -0.187. The summed E-state index contributed by atoms with van der Waals surface area (Å²) >= 11 is 0. The summed E-state index contributed by atoms with van der Waals surface area (Å²) in [6.07, 6.45) is 1.97. The summed E-state index contributed by atoms with van der Waals surface area (Å²) < 4.78 is 8.47. The molecule has 1 atom stereocenters. The molecule has 1 aliphatic heterocycles. The first-order chi connectivity index (χ1) is 7.91. The number of ether oxygens (including phenoxy) is 1. The molecule has 1 aromatic heterocycles. The second kappa shape index (κ2) is 4.13. The number of aromatic nitrogens is 2. The van der Waals surface area contributed by atoms with Gasteiger partial charge in [0.2, 0.25) is 0 Å². The standard InChI is InChI=1S/C14H24N2O/c1-9(2)14(10(3)4)13-11(5)7-15-16(13)12(6)8-17-14/h7,9-10,12H,8H2,1-6H3. The molecule has 0 saturated heterocycles. The molecule has 3 nitrogen and oxygen atoms in total. The topological polar surface area (TPSA) is 27.1 Å². The van der Waals surface area contributed by atoms with E-state index in [1.54, 1.807) is 0 Å². The van der Waals surface area contributed by atoms with Gasteiger partial charge in [-0.05, 0) is 31.2 Å². The van der Waals surface area contributed by atoms with E-state index in [1.807, 2.05) is 6.20 Å². The van der Waals surface area contributed by atoms with E-state index >= 15 is 0 Å². The average molecular weight is 236 g/mol. The molecule has 0 amide bonds. The Labute approximate surface area is 104 Å². The molecule has 0 aromatic carbocycles. The van der Waals surface area contributed by atoms with E-state index in [0.29, 0.717) is 17.9 Å². The molecule has 1 aliphatic rings. The lowest BCUT2D eigenvalue weighted by molar-refractivity contribution is -0.150. The summed E-state index contributed by atoms with van der Waals surface area (Å²) in [5.41, 5.74) is 2.34. The largest absolute Gasteiger partial charge is 0.366 e. The van der Waals surface area contributed by atoms with E-state index in [2.05, 4.69) is 51.3 Å². The lowest BCUT2D eigenvalue weighted by atomic mass is 9.75. The fourth-order valence-corrected chi connectivity index (χ4v) is 3.21. The van der Waals surface area contributed by atoms with Crippen LogP contribution in [-0.4, -0.2) is 16.4 Å². The summed E-state index contributed by atoms with van der Waals surface area (Å²) in [6.45, 7) is 14.0. The van der Waals surface area contributed by atoms with Crippen LogP contribution in [0, 0.1) is 18.8 Å². The van der Waals surface area contributed by atoms with Crippen molar-refractivity contribution in [2.45, 2.75) is 53.2 Å². The Balaban J connectivity index is 2.64. The summed E-state index contributed by atoms with van der Waals surface area (Å²) in [4.78, 5) is 0. The van der Waals surface area contributed by atoms with Gasteiger partial charge in [0.1, 0.15) is 5.60 Å². The Morgan fingerprint density at radius 1 is 1.35 bits per heavy atom. The van der Waals surface area contributed by atoms with Crippen LogP contribution in [0.1, 0.15) is 51.9 Å². The lowest BCUT2D eigenvalue weighted by Gasteiger charge is -2.46. The molecule has 2 rings (SSSR count). The van der Waals surface area contributed by atoms with Crippen molar-refractivity contribution in [3.63, 3.8) is 0 Å². The highest BCUT2D eigenvalue weighted by Crippen LogP contribution is 2.45. The van der Waals surface area contributed by atoms with Gasteiger partial charge in [0.25, 0.3) is 0 Å². The Hall–Kier alpha value is -0.830. The van der Waals surface area contributed by atoms with Crippen molar-refractivity contribution in [3.05, 3.63) is 17.5 Å². The van der Waals surface area contributed by atoms with Crippen LogP contribution >= 0.6 is 0 Å². The SMILES string of the molecule is Cc1cnn2c1C(C(C)C)(C(C)C)OCC2C. The Bertz CT molecular complexity index is 398. The summed E-state index contributed by atoms with van der Waals surface area (Å²) in [5.74, 6) is 0.897. The minimum absolute atomic E-state index is 0.187. The number of rotatable bonds is 2. The molecule has 17 heavy (non-hydrogen) atoms. The molecule has 1 unspecified atom stereocenters. The van der Waals surface area contributed by atoms with Crippen LogP contribution in [0.4, 0.5) is 0 Å². The van der Waals surface area contributed by atoms with Crippen LogP contribution in [0.3, 0.4) is 0 Å². The van der Waals surface area contributed by atoms with Crippen molar-refractivity contribution >= 4 is 0 Å². The second-order valence-corrected chi connectivity index (χ2v) is 5.88. The van der Waals surface area contributed by atoms with Crippen molar-refractivity contribution in [3.8, 4) is 0 Å².